The van der Waals surface area contributed by atoms with Crippen LogP contribution >= 0.6 is 0 Å². The lowest BCUT2D eigenvalue weighted by molar-refractivity contribution is -0.127. The molecular formula is C19H29N3O4. The van der Waals surface area contributed by atoms with Crippen LogP contribution < -0.4 is 16.4 Å². The first-order chi connectivity index (χ1) is 12.1. The van der Waals surface area contributed by atoms with E-state index in [1.165, 1.54) is 0 Å². The van der Waals surface area contributed by atoms with Crippen LogP contribution in [-0.4, -0.2) is 29.6 Å². The molecule has 1 unspecified atom stereocenters. The van der Waals surface area contributed by atoms with E-state index in [9.17, 15) is 14.4 Å². The second kappa shape index (κ2) is 9.79. The molecule has 3 amide bonds. The van der Waals surface area contributed by atoms with Crippen molar-refractivity contribution in [1.82, 2.24) is 10.6 Å². The molecule has 0 radical (unpaired) electrons. The number of rotatable bonds is 8. The van der Waals surface area contributed by atoms with Gasteiger partial charge in [-0.2, -0.15) is 0 Å². The van der Waals surface area contributed by atoms with Crippen LogP contribution in [0.5, 0.6) is 0 Å². The second-order valence-electron chi connectivity index (χ2n) is 7.13. The monoisotopic (exact) mass is 363 g/mol. The number of nitrogens with two attached hydrogens (primary N) is 1. The number of hydrogen-bond donors (Lipinski definition) is 3. The summed E-state index contributed by atoms with van der Waals surface area (Å²) >= 11 is 0. The van der Waals surface area contributed by atoms with Crippen LogP contribution in [0.3, 0.4) is 0 Å². The first kappa shape index (κ1) is 21.5. The Balaban J connectivity index is 2.86. The van der Waals surface area contributed by atoms with Crippen molar-refractivity contribution in [2.75, 3.05) is 0 Å². The summed E-state index contributed by atoms with van der Waals surface area (Å²) in [4.78, 5) is 35.9. The third-order valence-corrected chi connectivity index (χ3v) is 3.51. The molecule has 0 aliphatic heterocycles. The van der Waals surface area contributed by atoms with Crippen molar-refractivity contribution in [3.8, 4) is 0 Å². The molecule has 0 spiro atoms. The number of hydrogen-bond acceptors (Lipinski definition) is 4. The molecule has 0 aliphatic rings. The average Bonchev–Trinajstić information content (AvgIpc) is 2.52. The molecule has 0 saturated carbocycles. The molecule has 2 atom stereocenters. The molecule has 7 nitrogen and oxygen atoms in total. The lowest BCUT2D eigenvalue weighted by Crippen LogP contribution is -2.50. The molecule has 0 aliphatic carbocycles. The SMILES string of the molecule is CCCC(NC(=O)[C@H](CC(N)=O)NC(=O)OC(C)(C)C)c1ccccc1. The van der Waals surface area contributed by atoms with E-state index in [0.717, 1.165) is 18.4 Å². The minimum atomic E-state index is -1.09. The number of nitrogens with one attached hydrogen (secondary N) is 2. The molecule has 0 fully saturated rings. The first-order valence-corrected chi connectivity index (χ1v) is 8.75. The highest BCUT2D eigenvalue weighted by atomic mass is 16.6. The van der Waals surface area contributed by atoms with Crippen molar-refractivity contribution in [2.24, 2.45) is 5.73 Å². The quantitative estimate of drug-likeness (QED) is 0.658. The Hall–Kier alpha value is -2.57. The zero-order valence-electron chi connectivity index (χ0n) is 15.9. The number of benzene rings is 1. The molecule has 4 N–H and O–H groups in total. The van der Waals surface area contributed by atoms with E-state index in [1.54, 1.807) is 20.8 Å². The van der Waals surface area contributed by atoms with E-state index in [-0.39, 0.29) is 12.5 Å². The predicted octanol–water partition coefficient (Wildman–Crippen LogP) is 2.41. The molecule has 0 saturated heterocycles. The molecule has 1 aromatic rings. The van der Waals surface area contributed by atoms with E-state index >= 15 is 0 Å². The van der Waals surface area contributed by atoms with Crippen LogP contribution in [0.1, 0.15) is 58.6 Å². The third-order valence-electron chi connectivity index (χ3n) is 3.51. The number of carbonyl (C=O) groups is 3. The van der Waals surface area contributed by atoms with Gasteiger partial charge in [-0.1, -0.05) is 43.7 Å². The number of ether oxygens (including phenoxy) is 1. The van der Waals surface area contributed by atoms with Crippen LogP contribution in [0.4, 0.5) is 4.79 Å². The highest BCUT2D eigenvalue weighted by Crippen LogP contribution is 2.18. The van der Waals surface area contributed by atoms with Crippen LogP contribution in [-0.2, 0) is 14.3 Å². The largest absolute Gasteiger partial charge is 0.444 e. The van der Waals surface area contributed by atoms with Crippen LogP contribution in [0, 0.1) is 0 Å². The van der Waals surface area contributed by atoms with Gasteiger partial charge in [-0.15, -0.1) is 0 Å². The number of amides is 3. The third kappa shape index (κ3) is 8.00. The first-order valence-electron chi connectivity index (χ1n) is 8.75. The molecule has 26 heavy (non-hydrogen) atoms. The van der Waals surface area contributed by atoms with Crippen LogP contribution in [0.25, 0.3) is 0 Å². The molecule has 0 bridgehead atoms. The van der Waals surface area contributed by atoms with Gasteiger partial charge in [-0.3, -0.25) is 9.59 Å². The smallest absolute Gasteiger partial charge is 0.408 e. The van der Waals surface area contributed by atoms with Crippen LogP contribution in [0.15, 0.2) is 30.3 Å². The Kier molecular flexibility index (Phi) is 8.09. The minimum absolute atomic E-state index is 0.218. The van der Waals surface area contributed by atoms with Crippen molar-refractivity contribution in [2.45, 2.75) is 64.6 Å². The van der Waals surface area contributed by atoms with E-state index in [2.05, 4.69) is 10.6 Å². The molecule has 0 heterocycles. The zero-order valence-corrected chi connectivity index (χ0v) is 15.9. The van der Waals surface area contributed by atoms with Gasteiger partial charge in [0, 0.05) is 0 Å². The number of primary amides is 1. The van der Waals surface area contributed by atoms with E-state index in [0.29, 0.717) is 0 Å². The lowest BCUT2D eigenvalue weighted by Gasteiger charge is -2.25. The van der Waals surface area contributed by atoms with Gasteiger partial charge in [0.2, 0.25) is 11.8 Å². The van der Waals surface area contributed by atoms with Gasteiger partial charge in [0.15, 0.2) is 0 Å². The Labute approximate surface area is 154 Å². The van der Waals surface area contributed by atoms with Gasteiger partial charge in [-0.25, -0.2) is 4.79 Å². The Morgan fingerprint density at radius 3 is 2.23 bits per heavy atom. The number of alkyl carbamates (subject to hydrolysis) is 1. The highest BCUT2D eigenvalue weighted by molar-refractivity contribution is 5.90. The normalized spacial score (nSPS) is 13.4. The van der Waals surface area contributed by atoms with E-state index in [1.807, 2.05) is 37.3 Å². The predicted molar refractivity (Wildman–Crippen MR) is 99.2 cm³/mol. The second-order valence-corrected chi connectivity index (χ2v) is 7.13. The van der Waals surface area contributed by atoms with Gasteiger partial charge in [0.1, 0.15) is 11.6 Å². The molecule has 1 rings (SSSR count). The maximum Gasteiger partial charge on any atom is 0.408 e. The molecule has 1 aromatic carbocycles. The van der Waals surface area contributed by atoms with Gasteiger partial charge >= 0.3 is 6.09 Å². The zero-order chi connectivity index (χ0) is 19.7. The van der Waals surface area contributed by atoms with Crippen molar-refractivity contribution in [3.05, 3.63) is 35.9 Å². The molecule has 7 heteroatoms. The van der Waals surface area contributed by atoms with Crippen molar-refractivity contribution in [1.29, 1.82) is 0 Å². The summed E-state index contributed by atoms with van der Waals surface area (Å²) in [6, 6.07) is 8.22. The summed E-state index contributed by atoms with van der Waals surface area (Å²) in [7, 11) is 0. The summed E-state index contributed by atoms with van der Waals surface area (Å²) in [5, 5.41) is 5.32. The number of carbonyl (C=O) groups excluding carboxylic acids is 3. The molecule has 0 aromatic heterocycles. The summed E-state index contributed by atoms with van der Waals surface area (Å²) in [6.45, 7) is 7.15. The maximum atomic E-state index is 12.6. The summed E-state index contributed by atoms with van der Waals surface area (Å²) in [6.07, 6.45) is 0.509. The Morgan fingerprint density at radius 1 is 1.12 bits per heavy atom. The summed E-state index contributed by atoms with van der Waals surface area (Å²) in [5.74, 6) is -1.16. The Bertz CT molecular complexity index is 611. The standard InChI is InChI=1S/C19H29N3O4/c1-5-9-14(13-10-7-6-8-11-13)21-17(24)15(12-16(20)23)22-18(25)26-19(2,3)4/h6-8,10-11,14-15H,5,9,12H2,1-4H3,(H2,20,23)(H,21,24)(H,22,25)/t14?,15-/m0/s1. The van der Waals surface area contributed by atoms with Gasteiger partial charge < -0.3 is 21.1 Å². The van der Waals surface area contributed by atoms with Crippen molar-refractivity contribution < 1.29 is 19.1 Å². The summed E-state index contributed by atoms with van der Waals surface area (Å²) in [5.41, 5.74) is 5.46. The average molecular weight is 363 g/mol. The van der Waals surface area contributed by atoms with Gasteiger partial charge in [0.25, 0.3) is 0 Å². The fourth-order valence-corrected chi connectivity index (χ4v) is 2.43. The van der Waals surface area contributed by atoms with Crippen LogP contribution in [0.2, 0.25) is 0 Å². The molecule has 144 valence electrons. The Morgan fingerprint density at radius 2 is 1.73 bits per heavy atom. The highest BCUT2D eigenvalue weighted by Gasteiger charge is 2.27. The van der Waals surface area contributed by atoms with Gasteiger partial charge in [0.05, 0.1) is 12.5 Å². The topological polar surface area (TPSA) is 111 Å². The van der Waals surface area contributed by atoms with E-state index < -0.39 is 29.6 Å². The fourth-order valence-electron chi connectivity index (χ4n) is 2.43. The summed E-state index contributed by atoms with van der Waals surface area (Å²) < 4.78 is 5.15. The van der Waals surface area contributed by atoms with Crippen molar-refractivity contribution >= 4 is 17.9 Å². The maximum absolute atomic E-state index is 12.6. The van der Waals surface area contributed by atoms with E-state index in [4.69, 9.17) is 10.5 Å². The molecular weight excluding hydrogens is 334 g/mol. The minimum Gasteiger partial charge on any atom is -0.444 e. The fraction of sp³-hybridized carbons (Fsp3) is 0.526. The lowest BCUT2D eigenvalue weighted by atomic mass is 10.0. The van der Waals surface area contributed by atoms with Gasteiger partial charge in [-0.05, 0) is 32.8 Å². The van der Waals surface area contributed by atoms with Crippen molar-refractivity contribution in [3.63, 3.8) is 0 Å².